The first-order valence-corrected chi connectivity index (χ1v) is 3.59. The van der Waals surface area contributed by atoms with Crippen LogP contribution in [0.1, 0.15) is 19.8 Å². The SMILES string of the molecule is CC(N)(C(=O)O)C(=O)CCCO. The first kappa shape index (κ1) is 11.1. The molecule has 0 saturated carbocycles. The quantitative estimate of drug-likeness (QED) is 0.471. The number of aliphatic hydroxyl groups excluding tert-OH is 1. The lowest BCUT2D eigenvalue weighted by molar-refractivity contribution is -0.147. The number of carboxylic acids is 1. The number of hydrogen-bond acceptors (Lipinski definition) is 4. The molecular formula is C7H13NO4. The summed E-state index contributed by atoms with van der Waals surface area (Å²) in [6.45, 7) is 1.01. The normalized spacial score (nSPS) is 15.2. The van der Waals surface area contributed by atoms with E-state index in [2.05, 4.69) is 0 Å². The van der Waals surface area contributed by atoms with Crippen LogP contribution in [0.4, 0.5) is 0 Å². The Hall–Kier alpha value is -0.940. The molecule has 0 saturated heterocycles. The van der Waals surface area contributed by atoms with Crippen molar-refractivity contribution in [3.8, 4) is 0 Å². The van der Waals surface area contributed by atoms with Crippen LogP contribution in [0.5, 0.6) is 0 Å². The fraction of sp³-hybridized carbons (Fsp3) is 0.714. The fourth-order valence-electron chi connectivity index (χ4n) is 0.619. The predicted octanol–water partition coefficient (Wildman–Crippen LogP) is -0.870. The van der Waals surface area contributed by atoms with Gasteiger partial charge in [0.2, 0.25) is 0 Å². The maximum absolute atomic E-state index is 11.0. The topological polar surface area (TPSA) is 101 Å². The van der Waals surface area contributed by atoms with Crippen LogP contribution in [-0.4, -0.2) is 34.1 Å². The van der Waals surface area contributed by atoms with Gasteiger partial charge >= 0.3 is 5.97 Å². The van der Waals surface area contributed by atoms with Crippen molar-refractivity contribution in [1.29, 1.82) is 0 Å². The van der Waals surface area contributed by atoms with E-state index < -0.39 is 17.3 Å². The summed E-state index contributed by atoms with van der Waals surface area (Å²) in [6, 6.07) is 0. The fourth-order valence-corrected chi connectivity index (χ4v) is 0.619. The van der Waals surface area contributed by atoms with Crippen LogP contribution in [0.15, 0.2) is 0 Å². The highest BCUT2D eigenvalue weighted by molar-refractivity contribution is 6.06. The summed E-state index contributed by atoms with van der Waals surface area (Å²) in [5.41, 5.74) is 3.39. The molecule has 0 radical (unpaired) electrons. The van der Waals surface area contributed by atoms with E-state index in [1.165, 1.54) is 0 Å². The van der Waals surface area contributed by atoms with E-state index >= 15 is 0 Å². The highest BCUT2D eigenvalue weighted by atomic mass is 16.4. The predicted molar refractivity (Wildman–Crippen MR) is 41.6 cm³/mol. The number of ketones is 1. The van der Waals surface area contributed by atoms with Crippen LogP contribution in [-0.2, 0) is 9.59 Å². The summed E-state index contributed by atoms with van der Waals surface area (Å²) in [5.74, 6) is -1.91. The number of carboxylic acid groups (broad SMARTS) is 1. The molecule has 0 amide bonds. The van der Waals surface area contributed by atoms with Gasteiger partial charge in [-0.15, -0.1) is 0 Å². The van der Waals surface area contributed by atoms with E-state index in [0.717, 1.165) is 6.92 Å². The van der Waals surface area contributed by atoms with Gasteiger partial charge in [-0.25, -0.2) is 4.79 Å². The van der Waals surface area contributed by atoms with Crippen molar-refractivity contribution in [3.05, 3.63) is 0 Å². The van der Waals surface area contributed by atoms with Gasteiger partial charge in [0.1, 0.15) is 0 Å². The molecule has 1 atom stereocenters. The molecule has 1 unspecified atom stereocenters. The molecule has 0 fully saturated rings. The van der Waals surface area contributed by atoms with Crippen LogP contribution in [0.25, 0.3) is 0 Å². The highest BCUT2D eigenvalue weighted by Gasteiger charge is 2.35. The van der Waals surface area contributed by atoms with Crippen molar-refractivity contribution in [1.82, 2.24) is 0 Å². The lowest BCUT2D eigenvalue weighted by Gasteiger charge is -2.16. The Labute approximate surface area is 70.2 Å². The van der Waals surface area contributed by atoms with Gasteiger partial charge in [-0.2, -0.15) is 0 Å². The lowest BCUT2D eigenvalue weighted by atomic mass is 9.95. The average molecular weight is 175 g/mol. The van der Waals surface area contributed by atoms with Crippen LogP contribution in [0.2, 0.25) is 0 Å². The molecular weight excluding hydrogens is 162 g/mol. The molecule has 0 aromatic heterocycles. The number of hydrogen-bond donors (Lipinski definition) is 3. The zero-order valence-corrected chi connectivity index (χ0v) is 6.91. The smallest absolute Gasteiger partial charge is 0.331 e. The van der Waals surface area contributed by atoms with Crippen LogP contribution < -0.4 is 5.73 Å². The number of Topliss-reactive ketones (excluding diaryl/α,β-unsaturated/α-hetero) is 1. The molecule has 0 aromatic carbocycles. The van der Waals surface area contributed by atoms with Gasteiger partial charge in [0.15, 0.2) is 11.3 Å². The Balaban J connectivity index is 4.16. The summed E-state index contributed by atoms with van der Waals surface area (Å²) in [6.07, 6.45) is 0.245. The Morgan fingerprint density at radius 3 is 2.33 bits per heavy atom. The molecule has 0 spiro atoms. The summed E-state index contributed by atoms with van der Waals surface area (Å²) in [5, 5.41) is 16.9. The van der Waals surface area contributed by atoms with Gasteiger partial charge in [0.05, 0.1) is 0 Å². The van der Waals surface area contributed by atoms with Crippen LogP contribution >= 0.6 is 0 Å². The van der Waals surface area contributed by atoms with Crippen LogP contribution in [0, 0.1) is 0 Å². The second kappa shape index (κ2) is 4.18. The van der Waals surface area contributed by atoms with E-state index in [1.54, 1.807) is 0 Å². The van der Waals surface area contributed by atoms with E-state index in [-0.39, 0.29) is 19.4 Å². The maximum atomic E-state index is 11.0. The third kappa shape index (κ3) is 2.60. The van der Waals surface area contributed by atoms with E-state index in [0.29, 0.717) is 0 Å². The zero-order valence-electron chi connectivity index (χ0n) is 6.91. The molecule has 0 aliphatic heterocycles. The van der Waals surface area contributed by atoms with Crippen molar-refractivity contribution in [3.63, 3.8) is 0 Å². The van der Waals surface area contributed by atoms with Crippen molar-refractivity contribution in [2.75, 3.05) is 6.61 Å². The first-order valence-electron chi connectivity index (χ1n) is 3.59. The minimum absolute atomic E-state index is 0.00417. The third-order valence-electron chi connectivity index (χ3n) is 1.59. The minimum Gasteiger partial charge on any atom is -0.480 e. The van der Waals surface area contributed by atoms with Gasteiger partial charge in [0.25, 0.3) is 0 Å². The summed E-state index contributed by atoms with van der Waals surface area (Å²) in [7, 11) is 0. The number of nitrogens with two attached hydrogens (primary N) is 1. The number of aliphatic hydroxyl groups is 1. The highest BCUT2D eigenvalue weighted by Crippen LogP contribution is 2.05. The Kier molecular flexibility index (Phi) is 3.85. The van der Waals surface area contributed by atoms with Crippen molar-refractivity contribution < 1.29 is 19.8 Å². The Morgan fingerprint density at radius 2 is 2.00 bits per heavy atom. The molecule has 0 aromatic rings. The molecule has 0 rings (SSSR count). The van der Waals surface area contributed by atoms with Gasteiger partial charge in [-0.05, 0) is 13.3 Å². The summed E-state index contributed by atoms with van der Waals surface area (Å²) >= 11 is 0. The van der Waals surface area contributed by atoms with Crippen molar-refractivity contribution in [2.45, 2.75) is 25.3 Å². The minimum atomic E-state index is -1.82. The first-order chi connectivity index (χ1) is 5.42. The van der Waals surface area contributed by atoms with Gasteiger partial charge in [0, 0.05) is 13.0 Å². The molecule has 12 heavy (non-hydrogen) atoms. The van der Waals surface area contributed by atoms with Crippen molar-refractivity contribution in [2.24, 2.45) is 5.73 Å². The largest absolute Gasteiger partial charge is 0.480 e. The molecule has 0 heterocycles. The van der Waals surface area contributed by atoms with E-state index in [9.17, 15) is 9.59 Å². The van der Waals surface area contributed by atoms with E-state index in [4.69, 9.17) is 15.9 Å². The zero-order chi connectivity index (χ0) is 9.78. The monoisotopic (exact) mass is 175 g/mol. The summed E-state index contributed by atoms with van der Waals surface area (Å²) < 4.78 is 0. The van der Waals surface area contributed by atoms with Crippen molar-refractivity contribution >= 4 is 11.8 Å². The molecule has 4 N–H and O–H groups in total. The average Bonchev–Trinajstić information content (AvgIpc) is 1.99. The van der Waals surface area contributed by atoms with Crippen LogP contribution in [0.3, 0.4) is 0 Å². The number of aliphatic carboxylic acids is 1. The van der Waals surface area contributed by atoms with E-state index in [1.807, 2.05) is 0 Å². The third-order valence-corrected chi connectivity index (χ3v) is 1.59. The maximum Gasteiger partial charge on any atom is 0.331 e. The molecule has 5 heteroatoms. The summed E-state index contributed by atoms with van der Waals surface area (Å²) in [4.78, 5) is 21.5. The molecule has 0 aliphatic carbocycles. The number of carbonyl (C=O) groups excluding carboxylic acids is 1. The Bertz CT molecular complexity index is 188. The molecule has 5 nitrogen and oxygen atoms in total. The van der Waals surface area contributed by atoms with Gasteiger partial charge < -0.3 is 15.9 Å². The molecule has 0 bridgehead atoms. The lowest BCUT2D eigenvalue weighted by Crippen LogP contribution is -2.52. The number of carbonyl (C=O) groups is 2. The number of rotatable bonds is 5. The Morgan fingerprint density at radius 1 is 1.50 bits per heavy atom. The molecule has 0 aliphatic rings. The second-order valence-corrected chi connectivity index (χ2v) is 2.76. The van der Waals surface area contributed by atoms with Gasteiger partial charge in [-0.1, -0.05) is 0 Å². The van der Waals surface area contributed by atoms with Gasteiger partial charge in [-0.3, -0.25) is 4.79 Å². The molecule has 70 valence electrons. The standard InChI is InChI=1S/C7H13NO4/c1-7(8,6(11)12)5(10)3-2-4-9/h9H,2-4,8H2,1H3,(H,11,12). The second-order valence-electron chi connectivity index (χ2n) is 2.76.